The van der Waals surface area contributed by atoms with E-state index in [2.05, 4.69) is 25.8 Å². The zero-order valence-corrected chi connectivity index (χ0v) is 10.2. The van der Waals surface area contributed by atoms with Gasteiger partial charge in [-0.3, -0.25) is 4.79 Å². The molecule has 0 aromatic rings. The van der Waals surface area contributed by atoms with Crippen molar-refractivity contribution < 1.29 is 15.0 Å². The summed E-state index contributed by atoms with van der Waals surface area (Å²) in [5, 5.41) is 16.4. The maximum Gasteiger partial charge on any atom is 0.300 e. The lowest BCUT2D eigenvalue weighted by Gasteiger charge is -2.43. The summed E-state index contributed by atoms with van der Waals surface area (Å²) in [6.07, 6.45) is 2.27. The maximum absolute atomic E-state index is 9.00. The molecule has 1 aliphatic rings. The van der Waals surface area contributed by atoms with Crippen molar-refractivity contribution in [3.05, 3.63) is 0 Å². The molecule has 1 rings (SSSR count). The number of hydrogen-bond donors (Lipinski definition) is 2. The van der Waals surface area contributed by atoms with E-state index in [1.54, 1.807) is 0 Å². The number of carbonyl (C=O) groups is 1. The molecule has 0 aromatic carbocycles. The Bertz CT molecular complexity index is 200. The zero-order chi connectivity index (χ0) is 12.1. The lowest BCUT2D eigenvalue weighted by atomic mass is 9.83. The first-order valence-corrected chi connectivity index (χ1v) is 5.31. The van der Waals surface area contributed by atoms with E-state index in [-0.39, 0.29) is 5.54 Å². The minimum absolute atomic E-state index is 0.283. The fourth-order valence-electron chi connectivity index (χ4n) is 1.80. The zero-order valence-electron chi connectivity index (χ0n) is 10.2. The summed E-state index contributed by atoms with van der Waals surface area (Å²) in [6.45, 7) is 7.05. The van der Waals surface area contributed by atoms with Crippen LogP contribution in [0.25, 0.3) is 0 Å². The first kappa shape index (κ1) is 14.4. The minimum Gasteiger partial charge on any atom is -0.481 e. The van der Waals surface area contributed by atoms with Crippen LogP contribution in [0.3, 0.4) is 0 Å². The lowest BCUT2D eigenvalue weighted by molar-refractivity contribution is -0.134. The molecule has 4 nitrogen and oxygen atoms in total. The Morgan fingerprint density at radius 3 is 2.33 bits per heavy atom. The number of nitrogens with zero attached hydrogens (tertiary/aromatic N) is 1. The van der Waals surface area contributed by atoms with E-state index in [9.17, 15) is 0 Å². The molecule has 0 spiro atoms. The summed E-state index contributed by atoms with van der Waals surface area (Å²) in [5.41, 5.74) is 0.283. The van der Waals surface area contributed by atoms with Crippen molar-refractivity contribution in [2.24, 2.45) is 5.92 Å². The van der Waals surface area contributed by atoms with Crippen LogP contribution in [0.15, 0.2) is 0 Å². The average Bonchev–Trinajstić information content (AvgIpc) is 2.08. The number of carboxylic acid groups (broad SMARTS) is 1. The Kier molecular flexibility index (Phi) is 5.83. The van der Waals surface area contributed by atoms with E-state index in [0.717, 1.165) is 26.3 Å². The second kappa shape index (κ2) is 6.08. The Labute approximate surface area is 91.9 Å². The van der Waals surface area contributed by atoms with Crippen molar-refractivity contribution in [3.8, 4) is 0 Å². The van der Waals surface area contributed by atoms with Crippen molar-refractivity contribution in [1.29, 1.82) is 0 Å². The van der Waals surface area contributed by atoms with Gasteiger partial charge in [0.2, 0.25) is 0 Å². The Morgan fingerprint density at radius 2 is 2.00 bits per heavy atom. The monoisotopic (exact) mass is 217 g/mol. The van der Waals surface area contributed by atoms with Crippen LogP contribution in [0.2, 0.25) is 0 Å². The van der Waals surface area contributed by atoms with Gasteiger partial charge in [0, 0.05) is 19.1 Å². The van der Waals surface area contributed by atoms with Crippen molar-refractivity contribution in [3.63, 3.8) is 0 Å². The molecule has 0 radical (unpaired) electrons. The average molecular weight is 217 g/mol. The van der Waals surface area contributed by atoms with Crippen LogP contribution in [0, 0.1) is 5.92 Å². The highest BCUT2D eigenvalue weighted by molar-refractivity contribution is 5.62. The molecule has 2 N–H and O–H groups in total. The van der Waals surface area contributed by atoms with Crippen LogP contribution < -0.4 is 0 Å². The molecule has 1 heterocycles. The number of likely N-dealkylation sites (tertiary alicyclic amines) is 1. The second-order valence-corrected chi connectivity index (χ2v) is 4.79. The van der Waals surface area contributed by atoms with Crippen LogP contribution >= 0.6 is 0 Å². The van der Waals surface area contributed by atoms with E-state index >= 15 is 0 Å². The van der Waals surface area contributed by atoms with Crippen molar-refractivity contribution >= 4 is 5.97 Å². The number of hydrogen-bond acceptors (Lipinski definition) is 3. The third-order valence-corrected chi connectivity index (χ3v) is 2.95. The molecule has 1 unspecified atom stereocenters. The second-order valence-electron chi connectivity index (χ2n) is 4.79. The predicted octanol–water partition coefficient (Wildman–Crippen LogP) is 1.19. The van der Waals surface area contributed by atoms with Gasteiger partial charge in [0.15, 0.2) is 0 Å². The van der Waals surface area contributed by atoms with Gasteiger partial charge in [-0.2, -0.15) is 0 Å². The Hall–Kier alpha value is -0.610. The van der Waals surface area contributed by atoms with Crippen LogP contribution in [-0.2, 0) is 4.79 Å². The van der Waals surface area contributed by atoms with Gasteiger partial charge in [0.1, 0.15) is 0 Å². The van der Waals surface area contributed by atoms with Crippen molar-refractivity contribution in [2.75, 3.05) is 20.2 Å². The van der Waals surface area contributed by atoms with Crippen LogP contribution in [0.1, 0.15) is 33.6 Å². The quantitative estimate of drug-likeness (QED) is 0.692. The molecule has 0 bridgehead atoms. The number of rotatable bonds is 1. The normalized spacial score (nSPS) is 25.3. The van der Waals surface area contributed by atoms with Gasteiger partial charge in [-0.1, -0.05) is 0 Å². The molecular formula is C11H23NO3. The topological polar surface area (TPSA) is 60.8 Å². The fraction of sp³-hybridized carbons (Fsp3) is 0.909. The number of aliphatic hydroxyl groups is 1. The van der Waals surface area contributed by atoms with E-state index < -0.39 is 5.97 Å². The molecule has 90 valence electrons. The highest BCUT2D eigenvalue weighted by Gasteiger charge is 2.31. The lowest BCUT2D eigenvalue weighted by Crippen LogP contribution is -2.48. The molecule has 1 saturated heterocycles. The number of piperidine rings is 1. The molecule has 4 heteroatoms. The summed E-state index contributed by atoms with van der Waals surface area (Å²) < 4.78 is 0. The highest BCUT2D eigenvalue weighted by atomic mass is 16.4. The molecule has 0 saturated carbocycles. The summed E-state index contributed by atoms with van der Waals surface area (Å²) in [7, 11) is 2.16. The number of aliphatic hydroxyl groups excluding tert-OH is 1. The SMILES string of the molecule is CC(=O)O.CN1CCC(CO)CC1(C)C. The molecule has 0 aliphatic carbocycles. The largest absolute Gasteiger partial charge is 0.481 e. The van der Waals surface area contributed by atoms with E-state index in [4.69, 9.17) is 15.0 Å². The third kappa shape index (κ3) is 5.74. The van der Waals surface area contributed by atoms with Gasteiger partial charge >= 0.3 is 0 Å². The summed E-state index contributed by atoms with van der Waals surface area (Å²) >= 11 is 0. The van der Waals surface area contributed by atoms with Crippen molar-refractivity contribution in [2.45, 2.75) is 39.2 Å². The van der Waals surface area contributed by atoms with Crippen LogP contribution in [0.5, 0.6) is 0 Å². The highest BCUT2D eigenvalue weighted by Crippen LogP contribution is 2.29. The van der Waals surface area contributed by atoms with Gasteiger partial charge in [-0.25, -0.2) is 0 Å². The predicted molar refractivity (Wildman–Crippen MR) is 59.8 cm³/mol. The number of aliphatic carboxylic acids is 1. The minimum atomic E-state index is -0.833. The van der Waals surface area contributed by atoms with Gasteiger partial charge in [0.05, 0.1) is 0 Å². The number of carboxylic acids is 1. The van der Waals surface area contributed by atoms with E-state index in [1.165, 1.54) is 0 Å². The van der Waals surface area contributed by atoms with Gasteiger partial charge < -0.3 is 15.1 Å². The maximum atomic E-state index is 9.00. The molecule has 15 heavy (non-hydrogen) atoms. The summed E-state index contributed by atoms with van der Waals surface area (Å²) in [6, 6.07) is 0. The molecule has 0 aromatic heterocycles. The third-order valence-electron chi connectivity index (χ3n) is 2.95. The molecule has 0 amide bonds. The first-order chi connectivity index (χ1) is 6.79. The first-order valence-electron chi connectivity index (χ1n) is 5.31. The van der Waals surface area contributed by atoms with Gasteiger partial charge in [0.25, 0.3) is 5.97 Å². The smallest absolute Gasteiger partial charge is 0.300 e. The van der Waals surface area contributed by atoms with E-state index in [0.29, 0.717) is 12.5 Å². The summed E-state index contributed by atoms with van der Waals surface area (Å²) in [4.78, 5) is 11.4. The van der Waals surface area contributed by atoms with Crippen LogP contribution in [0.4, 0.5) is 0 Å². The fourth-order valence-corrected chi connectivity index (χ4v) is 1.80. The Morgan fingerprint density at radius 1 is 1.53 bits per heavy atom. The standard InChI is InChI=1S/C9H19NO.C2H4O2/c1-9(2)6-8(7-11)4-5-10(9)3;1-2(3)4/h8,11H,4-7H2,1-3H3;1H3,(H,3,4). The Balaban J connectivity index is 0.000000423. The molecule has 1 atom stereocenters. The van der Waals surface area contributed by atoms with Gasteiger partial charge in [-0.05, 0) is 46.2 Å². The summed E-state index contributed by atoms with van der Waals surface area (Å²) in [5.74, 6) is -0.304. The van der Waals surface area contributed by atoms with Crippen molar-refractivity contribution in [1.82, 2.24) is 4.90 Å². The molecular weight excluding hydrogens is 194 g/mol. The molecule has 1 aliphatic heterocycles. The molecule has 1 fully saturated rings. The van der Waals surface area contributed by atoms with Gasteiger partial charge in [-0.15, -0.1) is 0 Å². The van der Waals surface area contributed by atoms with E-state index in [1.807, 2.05) is 0 Å². The van der Waals surface area contributed by atoms with Crippen LogP contribution in [-0.4, -0.2) is 46.8 Å².